The quantitative estimate of drug-likeness (QED) is 0.729. The topological polar surface area (TPSA) is 58.6 Å². The van der Waals surface area contributed by atoms with E-state index in [4.69, 9.17) is 16.3 Å². The number of carbonyl (C=O) groups is 2. The van der Waals surface area contributed by atoms with Gasteiger partial charge in [0.1, 0.15) is 11.8 Å². The Morgan fingerprint density at radius 2 is 1.75 bits per heavy atom. The third-order valence-electron chi connectivity index (χ3n) is 4.35. The van der Waals surface area contributed by atoms with Gasteiger partial charge in [-0.15, -0.1) is 0 Å². The van der Waals surface area contributed by atoms with E-state index in [1.54, 1.807) is 31.1 Å². The first-order valence-electron chi connectivity index (χ1n) is 9.27. The molecule has 5 nitrogen and oxygen atoms in total. The van der Waals surface area contributed by atoms with Crippen LogP contribution in [0.1, 0.15) is 31.9 Å². The van der Waals surface area contributed by atoms with E-state index in [-0.39, 0.29) is 24.3 Å². The highest BCUT2D eigenvalue weighted by Gasteiger charge is 2.26. The number of hydrogen-bond donors (Lipinski definition) is 1. The summed E-state index contributed by atoms with van der Waals surface area (Å²) in [6, 6.07) is 14.1. The van der Waals surface area contributed by atoms with Crippen LogP contribution in [-0.4, -0.2) is 35.9 Å². The molecule has 0 fully saturated rings. The molecule has 0 unspecified atom stereocenters. The normalized spacial score (nSPS) is 11.8. The first-order chi connectivity index (χ1) is 13.3. The molecular weight excluding hydrogens is 376 g/mol. The zero-order valence-corrected chi connectivity index (χ0v) is 17.5. The molecule has 0 aliphatic heterocycles. The van der Waals surface area contributed by atoms with Crippen molar-refractivity contribution < 1.29 is 14.3 Å². The molecule has 0 heterocycles. The molecule has 1 N–H and O–H groups in total. The van der Waals surface area contributed by atoms with Crippen molar-refractivity contribution in [2.75, 3.05) is 7.11 Å². The Bertz CT molecular complexity index is 806. The largest absolute Gasteiger partial charge is 0.497 e. The summed E-state index contributed by atoms with van der Waals surface area (Å²) in [4.78, 5) is 27.2. The molecule has 0 radical (unpaired) electrons. The minimum Gasteiger partial charge on any atom is -0.497 e. The lowest BCUT2D eigenvalue weighted by Crippen LogP contribution is -2.49. The van der Waals surface area contributed by atoms with Gasteiger partial charge in [0.2, 0.25) is 11.8 Å². The maximum Gasteiger partial charge on any atom is 0.242 e. The SMILES string of the molecule is COc1ccc(CN(C(=O)Cc2cccc(Cl)c2)[C@H](C)C(=O)NC(C)C)cc1. The summed E-state index contributed by atoms with van der Waals surface area (Å²) in [5.74, 6) is 0.429. The average Bonchev–Trinajstić information content (AvgIpc) is 2.65. The van der Waals surface area contributed by atoms with Gasteiger partial charge in [0.25, 0.3) is 0 Å². The molecule has 0 aromatic heterocycles. The van der Waals surface area contributed by atoms with Crippen molar-refractivity contribution >= 4 is 23.4 Å². The van der Waals surface area contributed by atoms with Crippen LogP contribution in [-0.2, 0) is 22.6 Å². The Balaban J connectivity index is 2.22. The fourth-order valence-electron chi connectivity index (χ4n) is 2.84. The van der Waals surface area contributed by atoms with Crippen LogP contribution in [0.4, 0.5) is 0 Å². The van der Waals surface area contributed by atoms with E-state index in [0.29, 0.717) is 11.6 Å². The highest BCUT2D eigenvalue weighted by molar-refractivity contribution is 6.30. The molecule has 2 aromatic carbocycles. The number of methoxy groups -OCH3 is 1. The van der Waals surface area contributed by atoms with Crippen LogP contribution in [0.15, 0.2) is 48.5 Å². The molecule has 2 aromatic rings. The van der Waals surface area contributed by atoms with Gasteiger partial charge in [-0.05, 0) is 56.2 Å². The van der Waals surface area contributed by atoms with Gasteiger partial charge in [-0.3, -0.25) is 9.59 Å². The highest BCUT2D eigenvalue weighted by atomic mass is 35.5. The van der Waals surface area contributed by atoms with Crippen LogP contribution < -0.4 is 10.1 Å². The molecule has 0 aliphatic rings. The third-order valence-corrected chi connectivity index (χ3v) is 4.59. The first-order valence-corrected chi connectivity index (χ1v) is 9.65. The molecular formula is C22H27ClN2O3. The molecule has 2 rings (SSSR count). The summed E-state index contributed by atoms with van der Waals surface area (Å²) in [7, 11) is 1.61. The monoisotopic (exact) mass is 402 g/mol. The fourth-order valence-corrected chi connectivity index (χ4v) is 3.05. The van der Waals surface area contributed by atoms with Gasteiger partial charge in [0, 0.05) is 17.6 Å². The van der Waals surface area contributed by atoms with Gasteiger partial charge >= 0.3 is 0 Å². The van der Waals surface area contributed by atoms with E-state index in [2.05, 4.69) is 5.32 Å². The number of rotatable bonds is 8. The average molecular weight is 403 g/mol. The molecule has 2 amide bonds. The predicted octanol–water partition coefficient (Wildman–Crippen LogP) is 3.83. The van der Waals surface area contributed by atoms with Crippen molar-refractivity contribution in [2.24, 2.45) is 0 Å². The highest BCUT2D eigenvalue weighted by Crippen LogP contribution is 2.17. The van der Waals surface area contributed by atoms with Crippen LogP contribution in [0.3, 0.4) is 0 Å². The number of benzene rings is 2. The van der Waals surface area contributed by atoms with E-state index in [1.165, 1.54) is 0 Å². The standard InChI is InChI=1S/C22H27ClN2O3/c1-15(2)24-22(27)16(3)25(14-17-8-10-20(28-4)11-9-17)21(26)13-18-6-5-7-19(23)12-18/h5-12,15-16H,13-14H2,1-4H3,(H,24,27)/t16-/m1/s1. The third kappa shape index (κ3) is 6.27. The molecule has 6 heteroatoms. The second kappa shape index (κ2) is 10.1. The van der Waals surface area contributed by atoms with Crippen molar-refractivity contribution in [1.82, 2.24) is 10.2 Å². The second-order valence-electron chi connectivity index (χ2n) is 7.02. The van der Waals surface area contributed by atoms with Gasteiger partial charge in [0.15, 0.2) is 0 Å². The Morgan fingerprint density at radius 3 is 2.32 bits per heavy atom. The molecule has 28 heavy (non-hydrogen) atoms. The van der Waals surface area contributed by atoms with Crippen LogP contribution in [0.5, 0.6) is 5.75 Å². The maximum atomic E-state index is 13.1. The summed E-state index contributed by atoms with van der Waals surface area (Å²) in [5, 5.41) is 3.46. The fraction of sp³-hybridized carbons (Fsp3) is 0.364. The number of ether oxygens (including phenoxy) is 1. The van der Waals surface area contributed by atoms with Gasteiger partial charge in [-0.1, -0.05) is 35.9 Å². The summed E-state index contributed by atoms with van der Waals surface area (Å²) in [6.07, 6.45) is 0.177. The number of nitrogens with zero attached hydrogens (tertiary/aromatic N) is 1. The minimum absolute atomic E-state index is 0.000758. The van der Waals surface area contributed by atoms with Crippen molar-refractivity contribution in [3.63, 3.8) is 0 Å². The summed E-state index contributed by atoms with van der Waals surface area (Å²) in [6.45, 7) is 5.87. The Morgan fingerprint density at radius 1 is 1.07 bits per heavy atom. The Hall–Kier alpha value is -2.53. The molecule has 0 spiro atoms. The molecule has 0 saturated carbocycles. The lowest BCUT2D eigenvalue weighted by Gasteiger charge is -2.29. The van der Waals surface area contributed by atoms with E-state index < -0.39 is 6.04 Å². The van der Waals surface area contributed by atoms with E-state index >= 15 is 0 Å². The minimum atomic E-state index is -0.601. The van der Waals surface area contributed by atoms with Crippen molar-refractivity contribution in [3.8, 4) is 5.75 Å². The number of halogens is 1. The summed E-state index contributed by atoms with van der Waals surface area (Å²) >= 11 is 6.04. The number of nitrogens with one attached hydrogen (secondary N) is 1. The Labute approximate surface area is 171 Å². The Kier molecular flexibility index (Phi) is 7.88. The molecule has 0 aliphatic carbocycles. The van der Waals surface area contributed by atoms with E-state index in [0.717, 1.165) is 16.9 Å². The maximum absolute atomic E-state index is 13.1. The van der Waals surface area contributed by atoms with E-state index in [1.807, 2.05) is 50.2 Å². The number of hydrogen-bond acceptors (Lipinski definition) is 3. The van der Waals surface area contributed by atoms with Crippen LogP contribution >= 0.6 is 11.6 Å². The second-order valence-corrected chi connectivity index (χ2v) is 7.45. The van der Waals surface area contributed by atoms with Gasteiger partial charge < -0.3 is 15.0 Å². The van der Waals surface area contributed by atoms with Crippen molar-refractivity contribution in [2.45, 2.75) is 45.8 Å². The van der Waals surface area contributed by atoms with Crippen LogP contribution in [0.25, 0.3) is 0 Å². The summed E-state index contributed by atoms with van der Waals surface area (Å²) in [5.41, 5.74) is 1.73. The van der Waals surface area contributed by atoms with Gasteiger partial charge in [0.05, 0.1) is 13.5 Å². The molecule has 0 bridgehead atoms. The van der Waals surface area contributed by atoms with E-state index in [9.17, 15) is 9.59 Å². The molecule has 0 saturated heterocycles. The van der Waals surface area contributed by atoms with Gasteiger partial charge in [-0.25, -0.2) is 0 Å². The van der Waals surface area contributed by atoms with Crippen molar-refractivity contribution in [3.05, 3.63) is 64.7 Å². The van der Waals surface area contributed by atoms with Crippen LogP contribution in [0.2, 0.25) is 5.02 Å². The van der Waals surface area contributed by atoms with Crippen molar-refractivity contribution in [1.29, 1.82) is 0 Å². The van der Waals surface area contributed by atoms with Crippen LogP contribution in [0, 0.1) is 0 Å². The zero-order valence-electron chi connectivity index (χ0n) is 16.7. The lowest BCUT2D eigenvalue weighted by atomic mass is 10.1. The van der Waals surface area contributed by atoms with Gasteiger partial charge in [-0.2, -0.15) is 0 Å². The molecule has 1 atom stereocenters. The number of amides is 2. The zero-order chi connectivity index (χ0) is 20.7. The first kappa shape index (κ1) is 21.8. The lowest BCUT2D eigenvalue weighted by molar-refractivity contribution is -0.140. The number of carbonyl (C=O) groups excluding carboxylic acids is 2. The summed E-state index contributed by atoms with van der Waals surface area (Å²) < 4.78 is 5.18. The molecule has 150 valence electrons. The predicted molar refractivity (Wildman–Crippen MR) is 111 cm³/mol. The smallest absolute Gasteiger partial charge is 0.242 e.